The van der Waals surface area contributed by atoms with E-state index >= 15 is 0 Å². The molecule has 0 aliphatic carbocycles. The Kier molecular flexibility index (Phi) is 3.40. The molecule has 0 radical (unpaired) electrons. The molecule has 0 atom stereocenters. The summed E-state index contributed by atoms with van der Waals surface area (Å²) in [5.41, 5.74) is 1.04. The lowest BCUT2D eigenvalue weighted by molar-refractivity contribution is -0.389. The number of halogens is 1. The van der Waals surface area contributed by atoms with Crippen molar-refractivity contribution in [2.45, 2.75) is 19.9 Å². The number of hydrogen-bond acceptors (Lipinski definition) is 3. The number of allylic oxidation sites excluding steroid dienone is 1. The van der Waals surface area contributed by atoms with E-state index in [0.29, 0.717) is 11.3 Å². The molecule has 0 bridgehead atoms. The molecule has 0 fully saturated rings. The Labute approximate surface area is 89.7 Å². The van der Waals surface area contributed by atoms with E-state index in [2.05, 4.69) is 27.5 Å². The zero-order valence-corrected chi connectivity index (χ0v) is 9.32. The van der Waals surface area contributed by atoms with Crippen LogP contribution in [0.5, 0.6) is 0 Å². The molecule has 14 heavy (non-hydrogen) atoms. The van der Waals surface area contributed by atoms with Crippen molar-refractivity contribution in [3.63, 3.8) is 0 Å². The highest BCUT2D eigenvalue weighted by Crippen LogP contribution is 2.17. The van der Waals surface area contributed by atoms with Gasteiger partial charge < -0.3 is 10.1 Å². The smallest absolute Gasteiger partial charge is 0.358 e. The molecule has 1 heterocycles. The minimum absolute atomic E-state index is 0.140. The largest absolute Gasteiger partial charge is 0.382 e. The summed E-state index contributed by atoms with van der Waals surface area (Å²) in [6.45, 7) is 6.32. The Balaban J connectivity index is 2.77. The molecule has 6 heteroatoms. The number of rotatable bonds is 4. The van der Waals surface area contributed by atoms with Gasteiger partial charge in [0.2, 0.25) is 0 Å². The molecule has 1 aromatic heterocycles. The van der Waals surface area contributed by atoms with Gasteiger partial charge >= 0.3 is 5.82 Å². The highest BCUT2D eigenvalue weighted by atomic mass is 79.9. The maximum atomic E-state index is 10.4. The average Bonchev–Trinajstić information content (AvgIpc) is 2.43. The predicted octanol–water partition coefficient (Wildman–Crippen LogP) is 2.52. The highest BCUT2D eigenvalue weighted by molar-refractivity contribution is 9.10. The maximum absolute atomic E-state index is 10.4. The van der Waals surface area contributed by atoms with E-state index in [1.165, 1.54) is 6.20 Å². The van der Waals surface area contributed by atoms with Crippen molar-refractivity contribution in [3.05, 3.63) is 33.2 Å². The van der Waals surface area contributed by atoms with Crippen LogP contribution in [-0.4, -0.2) is 14.5 Å². The van der Waals surface area contributed by atoms with Gasteiger partial charge in [-0.3, -0.25) is 4.57 Å². The molecule has 76 valence electrons. The summed E-state index contributed by atoms with van der Waals surface area (Å²) in [7, 11) is 0. The molecule has 0 saturated heterocycles. The second-order valence-electron chi connectivity index (χ2n) is 3.03. The topological polar surface area (TPSA) is 61.0 Å². The summed E-state index contributed by atoms with van der Waals surface area (Å²) in [6.07, 6.45) is 2.19. The molecular weight excluding hydrogens is 250 g/mol. The van der Waals surface area contributed by atoms with Crippen molar-refractivity contribution < 1.29 is 4.92 Å². The molecule has 1 aromatic rings. The van der Waals surface area contributed by atoms with Crippen molar-refractivity contribution >= 4 is 21.7 Å². The summed E-state index contributed by atoms with van der Waals surface area (Å²) in [6, 6.07) is 0. The van der Waals surface area contributed by atoms with E-state index in [1.807, 2.05) is 6.92 Å². The standard InChI is InChI=1S/C8H10BrN3O2/c1-6(2)3-4-11-5-7(12(13)14)10-8(11)9/h5H,1,3-4H2,2H3. The Bertz CT molecular complexity index is 373. The lowest BCUT2D eigenvalue weighted by Gasteiger charge is -1.99. The Morgan fingerprint density at radius 1 is 1.86 bits per heavy atom. The van der Waals surface area contributed by atoms with Crippen molar-refractivity contribution in [1.29, 1.82) is 0 Å². The third-order valence-electron chi connectivity index (χ3n) is 1.68. The number of hydrogen-bond donors (Lipinski definition) is 0. The molecule has 1 rings (SSSR count). The van der Waals surface area contributed by atoms with Gasteiger partial charge in [0.05, 0.1) is 0 Å². The molecule has 0 aliphatic rings. The predicted molar refractivity (Wildman–Crippen MR) is 56.0 cm³/mol. The molecule has 0 unspecified atom stereocenters. The second-order valence-corrected chi connectivity index (χ2v) is 3.74. The van der Waals surface area contributed by atoms with Gasteiger partial charge in [-0.15, -0.1) is 6.58 Å². The summed E-state index contributed by atoms with van der Waals surface area (Å²) in [4.78, 5) is 13.6. The number of aryl methyl sites for hydroxylation is 1. The van der Waals surface area contributed by atoms with E-state index < -0.39 is 4.92 Å². The van der Waals surface area contributed by atoms with Crippen LogP contribution in [0.15, 0.2) is 23.1 Å². The van der Waals surface area contributed by atoms with E-state index in [0.717, 1.165) is 12.0 Å². The summed E-state index contributed by atoms with van der Waals surface area (Å²) < 4.78 is 2.16. The van der Waals surface area contributed by atoms with Gasteiger partial charge in [-0.1, -0.05) is 5.57 Å². The van der Waals surface area contributed by atoms with Gasteiger partial charge in [0.25, 0.3) is 4.73 Å². The lowest BCUT2D eigenvalue weighted by atomic mass is 10.2. The van der Waals surface area contributed by atoms with Crippen LogP contribution in [0.2, 0.25) is 0 Å². The van der Waals surface area contributed by atoms with Gasteiger partial charge in [0.15, 0.2) is 0 Å². The first kappa shape index (κ1) is 10.9. The normalized spacial score (nSPS) is 10.1. The van der Waals surface area contributed by atoms with Crippen LogP contribution in [0.4, 0.5) is 5.82 Å². The summed E-state index contributed by atoms with van der Waals surface area (Å²) >= 11 is 3.15. The van der Waals surface area contributed by atoms with Gasteiger partial charge in [-0.05, 0) is 23.3 Å². The summed E-state index contributed by atoms with van der Waals surface area (Å²) in [5, 5.41) is 10.4. The Hall–Kier alpha value is -1.17. The zero-order chi connectivity index (χ0) is 10.7. The van der Waals surface area contributed by atoms with E-state index in [9.17, 15) is 10.1 Å². The van der Waals surface area contributed by atoms with Crippen LogP contribution in [0.25, 0.3) is 0 Å². The van der Waals surface area contributed by atoms with Crippen molar-refractivity contribution in [2.24, 2.45) is 0 Å². The van der Waals surface area contributed by atoms with Crippen LogP contribution >= 0.6 is 15.9 Å². The van der Waals surface area contributed by atoms with E-state index in [-0.39, 0.29) is 5.82 Å². The molecule has 0 amide bonds. The fourth-order valence-corrected chi connectivity index (χ4v) is 1.40. The van der Waals surface area contributed by atoms with Gasteiger partial charge in [0.1, 0.15) is 6.20 Å². The van der Waals surface area contributed by atoms with Crippen LogP contribution in [0.1, 0.15) is 13.3 Å². The van der Waals surface area contributed by atoms with E-state index in [4.69, 9.17) is 0 Å². The fourth-order valence-electron chi connectivity index (χ4n) is 0.936. The first-order chi connectivity index (χ1) is 6.50. The highest BCUT2D eigenvalue weighted by Gasteiger charge is 2.15. The minimum atomic E-state index is -0.512. The fraction of sp³-hybridized carbons (Fsp3) is 0.375. The second kappa shape index (κ2) is 4.36. The summed E-state index contributed by atoms with van der Waals surface area (Å²) in [5.74, 6) is -0.140. The minimum Gasteiger partial charge on any atom is -0.358 e. The molecular formula is C8H10BrN3O2. The maximum Gasteiger partial charge on any atom is 0.382 e. The lowest BCUT2D eigenvalue weighted by Crippen LogP contribution is -1.96. The Morgan fingerprint density at radius 3 is 2.93 bits per heavy atom. The number of nitrogens with zero attached hydrogens (tertiary/aromatic N) is 3. The van der Waals surface area contributed by atoms with Gasteiger partial charge in [-0.25, -0.2) is 0 Å². The Morgan fingerprint density at radius 2 is 2.50 bits per heavy atom. The van der Waals surface area contributed by atoms with E-state index in [1.54, 1.807) is 4.57 Å². The van der Waals surface area contributed by atoms with Crippen LogP contribution in [-0.2, 0) is 6.54 Å². The molecule has 0 aromatic carbocycles. The number of imidazole rings is 1. The molecule has 0 N–H and O–H groups in total. The number of aromatic nitrogens is 2. The first-order valence-corrected chi connectivity index (χ1v) is 4.81. The molecule has 5 nitrogen and oxygen atoms in total. The zero-order valence-electron chi connectivity index (χ0n) is 7.73. The van der Waals surface area contributed by atoms with Gasteiger partial charge in [0, 0.05) is 22.5 Å². The van der Waals surface area contributed by atoms with Crippen LogP contribution in [0, 0.1) is 10.1 Å². The third-order valence-corrected chi connectivity index (χ3v) is 2.31. The van der Waals surface area contributed by atoms with Gasteiger partial charge in [-0.2, -0.15) is 0 Å². The van der Waals surface area contributed by atoms with Crippen molar-refractivity contribution in [2.75, 3.05) is 0 Å². The quantitative estimate of drug-likeness (QED) is 0.474. The molecule has 0 spiro atoms. The molecule has 0 saturated carbocycles. The first-order valence-electron chi connectivity index (χ1n) is 4.02. The van der Waals surface area contributed by atoms with Crippen LogP contribution < -0.4 is 0 Å². The SMILES string of the molecule is C=C(C)CCn1cc([N+](=O)[O-])nc1Br. The van der Waals surface area contributed by atoms with Crippen LogP contribution in [0.3, 0.4) is 0 Å². The van der Waals surface area contributed by atoms with Crippen molar-refractivity contribution in [1.82, 2.24) is 9.55 Å². The third kappa shape index (κ3) is 2.66. The average molecular weight is 260 g/mol. The number of nitro groups is 1. The molecule has 0 aliphatic heterocycles. The monoisotopic (exact) mass is 259 g/mol. The van der Waals surface area contributed by atoms with Crippen molar-refractivity contribution in [3.8, 4) is 0 Å².